The summed E-state index contributed by atoms with van der Waals surface area (Å²) in [5.41, 5.74) is 0.504. The normalized spacial score (nSPS) is 10.3. The van der Waals surface area contributed by atoms with Crippen LogP contribution in [-0.4, -0.2) is 63.8 Å². The lowest BCUT2D eigenvalue weighted by Gasteiger charge is -2.22. The summed E-state index contributed by atoms with van der Waals surface area (Å²) >= 11 is 12.8. The number of nitrogens with zero attached hydrogens (tertiary/aromatic N) is 2. The lowest BCUT2D eigenvalue weighted by molar-refractivity contribution is -0.141. The number of carbonyl (C=O) groups is 3. The van der Waals surface area contributed by atoms with E-state index in [0.717, 1.165) is 4.90 Å². The van der Waals surface area contributed by atoms with Gasteiger partial charge in [0, 0.05) is 14.1 Å². The van der Waals surface area contributed by atoms with E-state index in [9.17, 15) is 14.4 Å². The molecule has 2 amide bonds. The molecule has 2 aromatic carbocycles. The topological polar surface area (TPSA) is 94.6 Å². The summed E-state index contributed by atoms with van der Waals surface area (Å²) in [4.78, 5) is 39.4. The molecule has 34 heavy (non-hydrogen) atoms. The minimum Gasteiger partial charge on any atom is -0.496 e. The van der Waals surface area contributed by atoms with Crippen LogP contribution in [0.3, 0.4) is 0 Å². The zero-order valence-electron chi connectivity index (χ0n) is 19.5. The highest BCUT2D eigenvalue weighted by molar-refractivity contribution is 6.37. The molecular weight excluding hydrogens is 487 g/mol. The quantitative estimate of drug-likeness (QED) is 0.435. The van der Waals surface area contributed by atoms with Crippen molar-refractivity contribution in [2.24, 2.45) is 0 Å². The SMILES string of the molecule is CCOC(=O)CN(C(=O)OCC)c1cc(Cl)c(Oc2ccc(OC)c(C(=O)N(C)C)c2)c(Cl)c1. The number of carbonyl (C=O) groups excluding carboxylic acids is 3. The van der Waals surface area contributed by atoms with E-state index in [-0.39, 0.29) is 51.9 Å². The Morgan fingerprint density at radius 3 is 2.09 bits per heavy atom. The molecule has 0 spiro atoms. The van der Waals surface area contributed by atoms with E-state index in [1.807, 2.05) is 0 Å². The molecule has 9 nitrogen and oxygen atoms in total. The van der Waals surface area contributed by atoms with E-state index < -0.39 is 18.6 Å². The molecule has 0 fully saturated rings. The first kappa shape index (κ1) is 27.1. The first-order chi connectivity index (χ1) is 16.1. The summed E-state index contributed by atoms with van der Waals surface area (Å²) in [6.07, 6.45) is -0.765. The molecule has 0 bridgehead atoms. The Morgan fingerprint density at radius 1 is 0.941 bits per heavy atom. The number of benzene rings is 2. The van der Waals surface area contributed by atoms with E-state index in [1.165, 1.54) is 30.2 Å². The van der Waals surface area contributed by atoms with Crippen molar-refractivity contribution in [1.29, 1.82) is 0 Å². The smallest absolute Gasteiger partial charge is 0.414 e. The van der Waals surface area contributed by atoms with Crippen LogP contribution in [0.25, 0.3) is 0 Å². The van der Waals surface area contributed by atoms with Crippen molar-refractivity contribution in [3.8, 4) is 17.2 Å². The maximum Gasteiger partial charge on any atom is 0.414 e. The van der Waals surface area contributed by atoms with Crippen LogP contribution in [0, 0.1) is 0 Å². The Balaban J connectivity index is 2.41. The maximum absolute atomic E-state index is 12.5. The highest BCUT2D eigenvalue weighted by Crippen LogP contribution is 2.40. The van der Waals surface area contributed by atoms with Crippen molar-refractivity contribution in [2.45, 2.75) is 13.8 Å². The molecule has 0 saturated carbocycles. The average molecular weight is 513 g/mol. The Morgan fingerprint density at radius 2 is 1.56 bits per heavy atom. The van der Waals surface area contributed by atoms with E-state index >= 15 is 0 Å². The Kier molecular flexibility index (Phi) is 9.83. The summed E-state index contributed by atoms with van der Waals surface area (Å²) in [7, 11) is 4.70. The zero-order valence-corrected chi connectivity index (χ0v) is 21.0. The second-order valence-electron chi connectivity index (χ2n) is 6.99. The van der Waals surface area contributed by atoms with Gasteiger partial charge < -0.3 is 23.8 Å². The minimum absolute atomic E-state index is 0.0666. The van der Waals surface area contributed by atoms with Gasteiger partial charge in [-0.1, -0.05) is 23.2 Å². The summed E-state index contributed by atoms with van der Waals surface area (Å²) < 4.78 is 21.1. The Hall–Kier alpha value is -3.17. The van der Waals surface area contributed by atoms with Crippen molar-refractivity contribution >= 4 is 46.9 Å². The van der Waals surface area contributed by atoms with Crippen LogP contribution < -0.4 is 14.4 Å². The molecular formula is C23H26Cl2N2O7. The molecule has 0 aromatic heterocycles. The largest absolute Gasteiger partial charge is 0.496 e. The third kappa shape index (κ3) is 6.68. The molecule has 11 heteroatoms. The van der Waals surface area contributed by atoms with E-state index in [2.05, 4.69) is 0 Å². The van der Waals surface area contributed by atoms with Crippen LogP contribution >= 0.6 is 23.2 Å². The second-order valence-corrected chi connectivity index (χ2v) is 7.81. The van der Waals surface area contributed by atoms with Gasteiger partial charge in [-0.05, 0) is 44.2 Å². The van der Waals surface area contributed by atoms with Crippen molar-refractivity contribution in [2.75, 3.05) is 45.9 Å². The third-order valence-corrected chi connectivity index (χ3v) is 4.96. The number of ether oxygens (including phenoxy) is 4. The molecule has 0 N–H and O–H groups in total. The van der Waals surface area contributed by atoms with Crippen LogP contribution in [0.1, 0.15) is 24.2 Å². The highest BCUT2D eigenvalue weighted by Gasteiger charge is 2.24. The van der Waals surface area contributed by atoms with Crippen molar-refractivity contribution < 1.29 is 33.3 Å². The Labute approximate surface area is 208 Å². The number of methoxy groups -OCH3 is 1. The fourth-order valence-electron chi connectivity index (χ4n) is 2.87. The molecule has 0 saturated heterocycles. The predicted molar refractivity (Wildman–Crippen MR) is 129 cm³/mol. The molecule has 2 aromatic rings. The van der Waals surface area contributed by atoms with Gasteiger partial charge in [-0.3, -0.25) is 14.5 Å². The summed E-state index contributed by atoms with van der Waals surface area (Å²) in [5.74, 6) is -0.141. The van der Waals surface area contributed by atoms with E-state index in [4.69, 9.17) is 42.1 Å². The first-order valence-corrected chi connectivity index (χ1v) is 11.0. The molecule has 0 radical (unpaired) electrons. The van der Waals surface area contributed by atoms with Gasteiger partial charge in [0.15, 0.2) is 5.75 Å². The first-order valence-electron chi connectivity index (χ1n) is 10.3. The van der Waals surface area contributed by atoms with Gasteiger partial charge in [-0.2, -0.15) is 0 Å². The van der Waals surface area contributed by atoms with Gasteiger partial charge in [-0.15, -0.1) is 0 Å². The van der Waals surface area contributed by atoms with E-state index in [1.54, 1.807) is 40.1 Å². The lowest BCUT2D eigenvalue weighted by atomic mass is 10.1. The van der Waals surface area contributed by atoms with Crippen LogP contribution in [0.15, 0.2) is 30.3 Å². The number of hydrogen-bond acceptors (Lipinski definition) is 7. The number of anilines is 1. The Bertz CT molecular complexity index is 1040. The maximum atomic E-state index is 12.5. The van der Waals surface area contributed by atoms with E-state index in [0.29, 0.717) is 5.75 Å². The van der Waals surface area contributed by atoms with Gasteiger partial charge in [0.05, 0.1) is 41.6 Å². The molecule has 0 aliphatic heterocycles. The number of amides is 2. The van der Waals surface area contributed by atoms with Crippen molar-refractivity contribution in [3.05, 3.63) is 45.9 Å². The number of halogens is 2. The molecule has 0 atom stereocenters. The molecule has 184 valence electrons. The predicted octanol–water partition coefficient (Wildman–Crippen LogP) is 5.02. The molecule has 0 unspecified atom stereocenters. The van der Waals surface area contributed by atoms with Crippen molar-refractivity contribution in [3.63, 3.8) is 0 Å². The van der Waals surface area contributed by atoms with Crippen LogP contribution in [0.4, 0.5) is 10.5 Å². The van der Waals surface area contributed by atoms with Gasteiger partial charge in [0.25, 0.3) is 5.91 Å². The molecule has 0 heterocycles. The highest BCUT2D eigenvalue weighted by atomic mass is 35.5. The summed E-state index contributed by atoms with van der Waals surface area (Å²) in [5, 5.41) is 0.133. The van der Waals surface area contributed by atoms with Crippen molar-refractivity contribution in [1.82, 2.24) is 4.90 Å². The van der Waals surface area contributed by atoms with Crippen LogP contribution in [0.5, 0.6) is 17.2 Å². The fraction of sp³-hybridized carbons (Fsp3) is 0.348. The second kappa shape index (κ2) is 12.3. The standard InChI is InChI=1S/C23H26Cl2N2O7/c1-6-32-20(28)13-27(23(30)33-7-2)14-10-17(24)21(18(25)11-14)34-15-8-9-19(31-5)16(12-15)22(29)26(3)4/h8-12H,6-7,13H2,1-5H3. The molecule has 0 aliphatic rings. The van der Waals surface area contributed by atoms with Gasteiger partial charge in [-0.25, -0.2) is 4.79 Å². The number of rotatable bonds is 9. The van der Waals surface area contributed by atoms with Crippen LogP contribution in [0.2, 0.25) is 10.0 Å². The summed E-state index contributed by atoms with van der Waals surface area (Å²) in [6.45, 7) is 3.16. The third-order valence-electron chi connectivity index (χ3n) is 4.40. The zero-order chi connectivity index (χ0) is 25.4. The minimum atomic E-state index is -0.765. The van der Waals surface area contributed by atoms with Gasteiger partial charge in [0.2, 0.25) is 0 Å². The van der Waals surface area contributed by atoms with Gasteiger partial charge in [0.1, 0.15) is 18.0 Å². The molecule has 2 rings (SSSR count). The van der Waals surface area contributed by atoms with Gasteiger partial charge >= 0.3 is 12.1 Å². The number of esters is 1. The molecule has 0 aliphatic carbocycles. The average Bonchev–Trinajstić information content (AvgIpc) is 2.79. The summed E-state index contributed by atoms with van der Waals surface area (Å²) in [6, 6.07) is 7.51. The lowest BCUT2D eigenvalue weighted by Crippen LogP contribution is -2.37. The van der Waals surface area contributed by atoms with Crippen LogP contribution in [-0.2, 0) is 14.3 Å². The monoisotopic (exact) mass is 512 g/mol. The number of hydrogen-bond donors (Lipinski definition) is 0. The fourth-order valence-corrected chi connectivity index (χ4v) is 3.43.